The third kappa shape index (κ3) is 3.61. The molecule has 1 atom stereocenters. The molecular weight excluding hydrogens is 246 g/mol. The van der Waals surface area contributed by atoms with E-state index in [9.17, 15) is 4.79 Å². The standard InChI is InChI=1S/C14H19NO4/c1-2-18-14(16)12-7-11(3-4-13(12)15)19-9-10-5-6-17-8-10/h3-4,7,10H,2,5-6,8-9,15H2,1H3. The van der Waals surface area contributed by atoms with Gasteiger partial charge in [-0.1, -0.05) is 0 Å². The van der Waals surface area contributed by atoms with Crippen molar-refractivity contribution in [3.05, 3.63) is 23.8 Å². The molecule has 2 N–H and O–H groups in total. The van der Waals surface area contributed by atoms with Crippen LogP contribution in [0.5, 0.6) is 5.75 Å². The smallest absolute Gasteiger partial charge is 0.340 e. The highest BCUT2D eigenvalue weighted by atomic mass is 16.5. The van der Waals surface area contributed by atoms with Crippen molar-refractivity contribution >= 4 is 11.7 Å². The van der Waals surface area contributed by atoms with Crippen LogP contribution in [0.3, 0.4) is 0 Å². The number of esters is 1. The first-order chi connectivity index (χ1) is 9.20. The lowest BCUT2D eigenvalue weighted by Gasteiger charge is -2.12. The van der Waals surface area contributed by atoms with Gasteiger partial charge < -0.3 is 19.9 Å². The number of nitrogen functional groups attached to an aromatic ring is 1. The van der Waals surface area contributed by atoms with E-state index in [1.807, 2.05) is 0 Å². The number of hydrogen-bond donors (Lipinski definition) is 1. The summed E-state index contributed by atoms with van der Waals surface area (Å²) < 4.78 is 15.9. The Labute approximate surface area is 112 Å². The number of nitrogens with two attached hydrogens (primary N) is 1. The normalized spacial score (nSPS) is 18.3. The Morgan fingerprint density at radius 2 is 2.37 bits per heavy atom. The molecule has 5 heteroatoms. The molecule has 2 rings (SSSR count). The summed E-state index contributed by atoms with van der Waals surface area (Å²) in [5.41, 5.74) is 6.51. The highest BCUT2D eigenvalue weighted by molar-refractivity contribution is 5.95. The van der Waals surface area contributed by atoms with Crippen LogP contribution in [-0.2, 0) is 9.47 Å². The number of carbonyl (C=O) groups excluding carboxylic acids is 1. The van der Waals surface area contributed by atoms with Gasteiger partial charge in [0, 0.05) is 18.2 Å². The second kappa shape index (κ2) is 6.43. The average Bonchev–Trinajstić information content (AvgIpc) is 2.91. The van der Waals surface area contributed by atoms with Gasteiger partial charge in [-0.15, -0.1) is 0 Å². The molecular formula is C14H19NO4. The van der Waals surface area contributed by atoms with Crippen LogP contribution < -0.4 is 10.5 Å². The molecule has 1 unspecified atom stereocenters. The van der Waals surface area contributed by atoms with Crippen molar-refractivity contribution in [2.24, 2.45) is 5.92 Å². The van der Waals surface area contributed by atoms with Crippen LogP contribution in [-0.4, -0.2) is 32.4 Å². The predicted molar refractivity (Wildman–Crippen MR) is 71.2 cm³/mol. The summed E-state index contributed by atoms with van der Waals surface area (Å²) in [6, 6.07) is 5.05. The van der Waals surface area contributed by atoms with Crippen molar-refractivity contribution in [2.75, 3.05) is 32.2 Å². The van der Waals surface area contributed by atoms with Crippen LogP contribution in [0.2, 0.25) is 0 Å². The van der Waals surface area contributed by atoms with Crippen LogP contribution in [0.1, 0.15) is 23.7 Å². The second-order valence-electron chi connectivity index (χ2n) is 4.51. The number of benzene rings is 1. The summed E-state index contributed by atoms with van der Waals surface area (Å²) in [5, 5.41) is 0. The van der Waals surface area contributed by atoms with Gasteiger partial charge in [0.25, 0.3) is 0 Å². The lowest BCUT2D eigenvalue weighted by molar-refractivity contribution is 0.0527. The molecule has 1 heterocycles. The summed E-state index contributed by atoms with van der Waals surface area (Å²) in [6.07, 6.45) is 1.01. The van der Waals surface area contributed by atoms with E-state index < -0.39 is 5.97 Å². The number of carbonyl (C=O) groups is 1. The largest absolute Gasteiger partial charge is 0.493 e. The van der Waals surface area contributed by atoms with Crippen molar-refractivity contribution in [1.82, 2.24) is 0 Å². The van der Waals surface area contributed by atoms with E-state index in [2.05, 4.69) is 0 Å². The zero-order valence-corrected chi connectivity index (χ0v) is 11.1. The van der Waals surface area contributed by atoms with Crippen molar-refractivity contribution in [3.63, 3.8) is 0 Å². The quantitative estimate of drug-likeness (QED) is 0.650. The molecule has 0 amide bonds. The van der Waals surface area contributed by atoms with Crippen LogP contribution in [0.4, 0.5) is 5.69 Å². The number of ether oxygens (including phenoxy) is 3. The topological polar surface area (TPSA) is 70.8 Å². The summed E-state index contributed by atoms with van der Waals surface area (Å²) in [7, 11) is 0. The maximum absolute atomic E-state index is 11.7. The Balaban J connectivity index is 2.00. The van der Waals surface area contributed by atoms with Crippen LogP contribution in [0.15, 0.2) is 18.2 Å². The fourth-order valence-electron chi connectivity index (χ4n) is 1.94. The average molecular weight is 265 g/mol. The van der Waals surface area contributed by atoms with Crippen LogP contribution in [0, 0.1) is 5.92 Å². The first-order valence-corrected chi connectivity index (χ1v) is 6.48. The Hall–Kier alpha value is -1.75. The zero-order chi connectivity index (χ0) is 13.7. The molecule has 19 heavy (non-hydrogen) atoms. The summed E-state index contributed by atoms with van der Waals surface area (Å²) in [5.74, 6) is 0.627. The third-order valence-electron chi connectivity index (χ3n) is 3.03. The van der Waals surface area contributed by atoms with Crippen molar-refractivity contribution in [1.29, 1.82) is 0 Å². The van der Waals surface area contributed by atoms with Gasteiger partial charge in [-0.2, -0.15) is 0 Å². The molecule has 1 aromatic rings. The molecule has 5 nitrogen and oxygen atoms in total. The molecule has 0 aromatic heterocycles. The van der Waals surface area contributed by atoms with Gasteiger partial charge in [-0.05, 0) is 31.5 Å². The number of hydrogen-bond acceptors (Lipinski definition) is 5. The predicted octanol–water partition coefficient (Wildman–Crippen LogP) is 1.86. The minimum atomic E-state index is -0.422. The van der Waals surface area contributed by atoms with Gasteiger partial charge >= 0.3 is 5.97 Å². The van der Waals surface area contributed by atoms with Gasteiger partial charge in [-0.3, -0.25) is 0 Å². The molecule has 1 saturated heterocycles. The van der Waals surface area contributed by atoms with Crippen LogP contribution >= 0.6 is 0 Å². The van der Waals surface area contributed by atoms with Gasteiger partial charge in [-0.25, -0.2) is 4.79 Å². The molecule has 1 aliphatic rings. The van der Waals surface area contributed by atoms with E-state index >= 15 is 0 Å². The molecule has 1 fully saturated rings. The number of rotatable bonds is 5. The van der Waals surface area contributed by atoms with E-state index in [4.69, 9.17) is 19.9 Å². The van der Waals surface area contributed by atoms with Crippen molar-refractivity contribution in [3.8, 4) is 5.75 Å². The Bertz CT molecular complexity index is 441. The van der Waals surface area contributed by atoms with E-state index in [1.165, 1.54) is 0 Å². The lowest BCUT2D eigenvalue weighted by Crippen LogP contribution is -2.13. The zero-order valence-electron chi connectivity index (χ0n) is 11.1. The molecule has 1 aliphatic heterocycles. The fraction of sp³-hybridized carbons (Fsp3) is 0.500. The maximum Gasteiger partial charge on any atom is 0.340 e. The second-order valence-corrected chi connectivity index (χ2v) is 4.51. The monoisotopic (exact) mass is 265 g/mol. The number of anilines is 1. The van der Waals surface area contributed by atoms with Gasteiger partial charge in [0.2, 0.25) is 0 Å². The lowest BCUT2D eigenvalue weighted by atomic mass is 10.1. The highest BCUT2D eigenvalue weighted by Gasteiger charge is 2.17. The molecule has 0 spiro atoms. The van der Waals surface area contributed by atoms with Gasteiger partial charge in [0.1, 0.15) is 5.75 Å². The van der Waals surface area contributed by atoms with E-state index in [1.54, 1.807) is 25.1 Å². The molecule has 1 aromatic carbocycles. The van der Waals surface area contributed by atoms with Gasteiger partial charge in [0.15, 0.2) is 0 Å². The van der Waals surface area contributed by atoms with E-state index in [0.29, 0.717) is 36.1 Å². The Kier molecular flexibility index (Phi) is 4.63. The Morgan fingerprint density at radius 3 is 3.05 bits per heavy atom. The molecule has 0 radical (unpaired) electrons. The maximum atomic E-state index is 11.7. The fourth-order valence-corrected chi connectivity index (χ4v) is 1.94. The van der Waals surface area contributed by atoms with E-state index in [0.717, 1.165) is 19.6 Å². The molecule has 104 valence electrons. The van der Waals surface area contributed by atoms with Crippen molar-refractivity contribution < 1.29 is 19.0 Å². The van der Waals surface area contributed by atoms with E-state index in [-0.39, 0.29) is 0 Å². The van der Waals surface area contributed by atoms with Gasteiger partial charge in [0.05, 0.1) is 25.4 Å². The summed E-state index contributed by atoms with van der Waals surface area (Å²) in [4.78, 5) is 11.7. The Morgan fingerprint density at radius 1 is 1.53 bits per heavy atom. The van der Waals surface area contributed by atoms with Crippen molar-refractivity contribution in [2.45, 2.75) is 13.3 Å². The highest BCUT2D eigenvalue weighted by Crippen LogP contribution is 2.22. The molecule has 0 aliphatic carbocycles. The minimum Gasteiger partial charge on any atom is -0.493 e. The summed E-state index contributed by atoms with van der Waals surface area (Å²) >= 11 is 0. The summed E-state index contributed by atoms with van der Waals surface area (Å²) in [6.45, 7) is 4.20. The molecule has 0 saturated carbocycles. The SMILES string of the molecule is CCOC(=O)c1cc(OCC2CCOC2)ccc1N. The van der Waals surface area contributed by atoms with Crippen LogP contribution in [0.25, 0.3) is 0 Å². The minimum absolute atomic E-state index is 0.322. The first-order valence-electron chi connectivity index (χ1n) is 6.48. The first kappa shape index (κ1) is 13.7. The third-order valence-corrected chi connectivity index (χ3v) is 3.03. The molecule has 0 bridgehead atoms.